The summed E-state index contributed by atoms with van der Waals surface area (Å²) >= 11 is 0. The van der Waals surface area contributed by atoms with Gasteiger partial charge >= 0.3 is 6.61 Å². The number of carbonyl (C=O) groups is 2. The number of nitrogens with one attached hydrogen (secondary N) is 1. The maximum atomic E-state index is 12.4. The van der Waals surface area contributed by atoms with Gasteiger partial charge in [0.2, 0.25) is 11.8 Å². The summed E-state index contributed by atoms with van der Waals surface area (Å²) in [5, 5.41) is 2.72. The average molecular weight is 386 g/mol. The number of carbonyl (C=O) groups excluding carboxylic acids is 2. The third kappa shape index (κ3) is 4.73. The highest BCUT2D eigenvalue weighted by Gasteiger charge is 2.22. The van der Waals surface area contributed by atoms with Gasteiger partial charge in [-0.3, -0.25) is 9.59 Å². The van der Waals surface area contributed by atoms with Gasteiger partial charge in [0.05, 0.1) is 0 Å². The highest BCUT2D eigenvalue weighted by molar-refractivity contribution is 6.02. The van der Waals surface area contributed by atoms with E-state index in [1.54, 1.807) is 35.2 Å². The lowest BCUT2D eigenvalue weighted by Gasteiger charge is -2.19. The molecule has 0 bridgehead atoms. The minimum absolute atomic E-state index is 0.00275. The van der Waals surface area contributed by atoms with E-state index in [1.165, 1.54) is 18.2 Å². The maximum absolute atomic E-state index is 12.4. The number of hydrogen-bond acceptors (Lipinski definition) is 3. The fraction of sp³-hybridized carbons (Fsp3) is 0.238. The molecule has 0 unspecified atom stereocenters. The highest BCUT2D eigenvalue weighted by Crippen LogP contribution is 2.27. The van der Waals surface area contributed by atoms with Crippen LogP contribution in [0.3, 0.4) is 0 Å². The van der Waals surface area contributed by atoms with Crippen LogP contribution in [0.4, 0.5) is 20.2 Å². The SMILES string of the molecule is Cc1cc(NC(=O)/C=C/c2ccccc2OC(F)F)ccc1N1CCCC1=O. The number of aryl methyl sites for hydroxylation is 1. The van der Waals surface area contributed by atoms with Crippen LogP contribution >= 0.6 is 0 Å². The zero-order valence-corrected chi connectivity index (χ0v) is 15.3. The molecule has 5 nitrogen and oxygen atoms in total. The summed E-state index contributed by atoms with van der Waals surface area (Å²) in [5.41, 5.74) is 2.68. The Morgan fingerprint density at radius 3 is 2.71 bits per heavy atom. The Bertz CT molecular complexity index is 912. The molecule has 3 rings (SSSR count). The molecule has 1 fully saturated rings. The van der Waals surface area contributed by atoms with Crippen LogP contribution in [0.25, 0.3) is 6.08 Å². The summed E-state index contributed by atoms with van der Waals surface area (Å²) in [6.45, 7) is -0.356. The maximum Gasteiger partial charge on any atom is 0.387 e. The van der Waals surface area contributed by atoms with Gasteiger partial charge in [0.1, 0.15) is 5.75 Å². The van der Waals surface area contributed by atoms with Gasteiger partial charge in [-0.25, -0.2) is 0 Å². The first-order valence-corrected chi connectivity index (χ1v) is 8.88. The predicted octanol–water partition coefficient (Wildman–Crippen LogP) is 4.38. The fourth-order valence-electron chi connectivity index (χ4n) is 3.11. The summed E-state index contributed by atoms with van der Waals surface area (Å²) in [6, 6.07) is 11.6. The lowest BCUT2D eigenvalue weighted by molar-refractivity contribution is -0.117. The molecule has 2 amide bonds. The molecule has 0 aliphatic carbocycles. The highest BCUT2D eigenvalue weighted by atomic mass is 19.3. The summed E-state index contributed by atoms with van der Waals surface area (Å²) in [7, 11) is 0. The minimum Gasteiger partial charge on any atom is -0.434 e. The van der Waals surface area contributed by atoms with E-state index >= 15 is 0 Å². The van der Waals surface area contributed by atoms with Crippen LogP contribution in [0, 0.1) is 6.92 Å². The third-order valence-electron chi connectivity index (χ3n) is 4.38. The molecule has 0 saturated carbocycles. The Morgan fingerprint density at radius 1 is 1.25 bits per heavy atom. The van der Waals surface area contributed by atoms with E-state index in [-0.39, 0.29) is 11.7 Å². The number of halogens is 2. The molecule has 2 aromatic rings. The van der Waals surface area contributed by atoms with E-state index in [0.717, 1.165) is 17.7 Å². The number of nitrogens with zero attached hydrogens (tertiary/aromatic N) is 1. The zero-order valence-electron chi connectivity index (χ0n) is 15.3. The van der Waals surface area contributed by atoms with Gasteiger partial charge in [0, 0.05) is 36.0 Å². The van der Waals surface area contributed by atoms with Crippen molar-refractivity contribution in [1.82, 2.24) is 0 Å². The molecule has 28 heavy (non-hydrogen) atoms. The van der Waals surface area contributed by atoms with Crippen molar-refractivity contribution in [3.8, 4) is 5.75 Å². The molecule has 0 aromatic heterocycles. The Hall–Kier alpha value is -3.22. The van der Waals surface area contributed by atoms with E-state index in [2.05, 4.69) is 10.1 Å². The molecular formula is C21H20F2N2O3. The van der Waals surface area contributed by atoms with E-state index in [1.807, 2.05) is 13.0 Å². The first-order chi connectivity index (χ1) is 13.4. The third-order valence-corrected chi connectivity index (χ3v) is 4.38. The largest absolute Gasteiger partial charge is 0.434 e. The second-order valence-corrected chi connectivity index (χ2v) is 6.39. The molecule has 0 atom stereocenters. The second kappa shape index (κ2) is 8.65. The molecule has 1 aliphatic heterocycles. The van der Waals surface area contributed by atoms with Gasteiger partial charge in [-0.1, -0.05) is 18.2 Å². The van der Waals surface area contributed by atoms with Crippen LogP contribution in [0.2, 0.25) is 0 Å². The number of anilines is 2. The Morgan fingerprint density at radius 2 is 2.04 bits per heavy atom. The van der Waals surface area contributed by atoms with Gasteiger partial charge in [-0.2, -0.15) is 8.78 Å². The topological polar surface area (TPSA) is 58.6 Å². The number of amides is 2. The fourth-order valence-corrected chi connectivity index (χ4v) is 3.11. The predicted molar refractivity (Wildman–Crippen MR) is 104 cm³/mol. The summed E-state index contributed by atoms with van der Waals surface area (Å²) in [6.07, 6.45) is 4.07. The average Bonchev–Trinajstić information content (AvgIpc) is 3.06. The lowest BCUT2D eigenvalue weighted by atomic mass is 10.1. The smallest absolute Gasteiger partial charge is 0.387 e. The van der Waals surface area contributed by atoms with E-state index in [9.17, 15) is 18.4 Å². The first-order valence-electron chi connectivity index (χ1n) is 8.88. The second-order valence-electron chi connectivity index (χ2n) is 6.39. The van der Waals surface area contributed by atoms with Crippen molar-refractivity contribution >= 4 is 29.3 Å². The van der Waals surface area contributed by atoms with E-state index < -0.39 is 12.5 Å². The molecular weight excluding hydrogens is 366 g/mol. The molecule has 146 valence electrons. The van der Waals surface area contributed by atoms with Gasteiger partial charge in [0.25, 0.3) is 0 Å². The monoisotopic (exact) mass is 386 g/mol. The van der Waals surface area contributed by atoms with Crippen molar-refractivity contribution in [3.05, 3.63) is 59.7 Å². The molecule has 1 N–H and O–H groups in total. The number of ether oxygens (including phenoxy) is 1. The number of benzene rings is 2. The van der Waals surface area contributed by atoms with Crippen molar-refractivity contribution in [1.29, 1.82) is 0 Å². The molecule has 7 heteroatoms. The van der Waals surface area contributed by atoms with E-state index in [0.29, 0.717) is 24.2 Å². The summed E-state index contributed by atoms with van der Waals surface area (Å²) < 4.78 is 29.3. The van der Waals surface area contributed by atoms with Crippen LogP contribution < -0.4 is 15.0 Å². The summed E-state index contributed by atoms with van der Waals surface area (Å²) in [4.78, 5) is 25.8. The van der Waals surface area contributed by atoms with Crippen LogP contribution in [-0.4, -0.2) is 25.0 Å². The number of hydrogen-bond donors (Lipinski definition) is 1. The Kier molecular flexibility index (Phi) is 6.03. The van der Waals surface area contributed by atoms with Crippen molar-refractivity contribution in [3.63, 3.8) is 0 Å². The van der Waals surface area contributed by atoms with Crippen LogP contribution in [0.5, 0.6) is 5.75 Å². The van der Waals surface area contributed by atoms with Crippen molar-refractivity contribution in [2.45, 2.75) is 26.4 Å². The van der Waals surface area contributed by atoms with Crippen LogP contribution in [0.15, 0.2) is 48.5 Å². The molecule has 0 spiro atoms. The molecule has 0 radical (unpaired) electrons. The number of rotatable bonds is 6. The van der Waals surface area contributed by atoms with Crippen molar-refractivity contribution in [2.24, 2.45) is 0 Å². The zero-order chi connectivity index (χ0) is 20.1. The van der Waals surface area contributed by atoms with Crippen LogP contribution in [0.1, 0.15) is 24.0 Å². The number of para-hydroxylation sites is 1. The minimum atomic E-state index is -2.94. The Labute approximate surface area is 161 Å². The van der Waals surface area contributed by atoms with Gasteiger partial charge in [0.15, 0.2) is 0 Å². The van der Waals surface area contributed by atoms with Gasteiger partial charge in [-0.05, 0) is 49.2 Å². The lowest BCUT2D eigenvalue weighted by Crippen LogP contribution is -2.24. The molecule has 1 aliphatic rings. The van der Waals surface area contributed by atoms with E-state index in [4.69, 9.17) is 0 Å². The Balaban J connectivity index is 1.68. The standard InChI is InChI=1S/C21H20F2N2O3/c1-14-13-16(9-10-17(14)25-12-4-7-20(25)27)24-19(26)11-8-15-5-2-3-6-18(15)28-21(22)23/h2-3,5-6,8-11,13,21H,4,7,12H2,1H3,(H,24,26)/b11-8+. The molecule has 1 heterocycles. The quantitative estimate of drug-likeness (QED) is 0.750. The normalized spacial score (nSPS) is 14.1. The van der Waals surface area contributed by atoms with Gasteiger partial charge < -0.3 is 15.0 Å². The summed E-state index contributed by atoms with van der Waals surface area (Å²) in [5.74, 6) is -0.305. The first kappa shape index (κ1) is 19.5. The van der Waals surface area contributed by atoms with Gasteiger partial charge in [-0.15, -0.1) is 0 Å². The van der Waals surface area contributed by atoms with Crippen molar-refractivity contribution in [2.75, 3.05) is 16.8 Å². The number of alkyl halides is 2. The molecule has 2 aromatic carbocycles. The molecule has 1 saturated heterocycles. The van der Waals surface area contributed by atoms with Crippen LogP contribution in [-0.2, 0) is 9.59 Å². The van der Waals surface area contributed by atoms with Crippen molar-refractivity contribution < 1.29 is 23.1 Å².